The van der Waals surface area contributed by atoms with E-state index in [0.29, 0.717) is 0 Å². The Morgan fingerprint density at radius 1 is 1.00 bits per heavy atom. The van der Waals surface area contributed by atoms with E-state index in [9.17, 15) is 19.4 Å². The summed E-state index contributed by atoms with van der Waals surface area (Å²) >= 11 is 0. The molecule has 2 aromatic rings. The molecule has 1 aromatic heterocycles. The fourth-order valence-electron chi connectivity index (χ4n) is 5.16. The van der Waals surface area contributed by atoms with Crippen LogP contribution in [0.2, 0.25) is 0 Å². The van der Waals surface area contributed by atoms with E-state index < -0.39 is 10.5 Å². The monoisotopic (exact) mass is 702 g/mol. The summed E-state index contributed by atoms with van der Waals surface area (Å²) in [6.45, 7) is 22.2. The van der Waals surface area contributed by atoms with Crippen LogP contribution in [0.1, 0.15) is 97.7 Å². The Morgan fingerprint density at radius 2 is 1.62 bits per heavy atom. The first-order valence-electron chi connectivity index (χ1n) is 16.5. The number of nitrogens with zero attached hydrogens (tertiary/aromatic N) is 4. The molecule has 0 N–H and O–H groups in total. The molecule has 0 saturated carbocycles. The van der Waals surface area contributed by atoms with E-state index in [2.05, 4.69) is 104 Å². The molecule has 2 heterocycles. The molecule has 1 aliphatic carbocycles. The highest BCUT2D eigenvalue weighted by molar-refractivity contribution is 8.42. The highest BCUT2D eigenvalue weighted by Crippen LogP contribution is 2.98. The fourth-order valence-corrected chi connectivity index (χ4v) is 5.16. The summed E-state index contributed by atoms with van der Waals surface area (Å²) in [7, 11) is -7.87. The van der Waals surface area contributed by atoms with Crippen LogP contribution in [-0.4, -0.2) is 46.9 Å². The second-order valence-corrected chi connectivity index (χ2v) is 14.8. The van der Waals surface area contributed by atoms with E-state index in [1.54, 1.807) is 7.11 Å². The maximum Gasteiger partial charge on any atom is 0.396 e. The van der Waals surface area contributed by atoms with Gasteiger partial charge in [0.15, 0.2) is 0 Å². The van der Waals surface area contributed by atoms with Gasteiger partial charge in [0.2, 0.25) is 0 Å². The quantitative estimate of drug-likeness (QED) is 0.231. The summed E-state index contributed by atoms with van der Waals surface area (Å²) in [5.41, 5.74) is 8.63. The lowest BCUT2D eigenvalue weighted by Gasteiger charge is -2.47. The minimum absolute atomic E-state index is 0.0957. The number of piperidine rings is 1. The van der Waals surface area contributed by atoms with Crippen molar-refractivity contribution < 1.29 is 28.3 Å². The average molecular weight is 703 g/mol. The Labute approximate surface area is 284 Å². The van der Waals surface area contributed by atoms with Gasteiger partial charge in [0, 0.05) is 25.0 Å². The van der Waals surface area contributed by atoms with Crippen molar-refractivity contribution in [3.8, 4) is 11.4 Å². The van der Waals surface area contributed by atoms with Gasteiger partial charge in [-0.25, -0.2) is 9.17 Å². The Hall–Kier alpha value is -3.25. The van der Waals surface area contributed by atoms with Gasteiger partial charge in [0.05, 0.1) is 37.6 Å². The van der Waals surface area contributed by atoms with Crippen molar-refractivity contribution in [1.82, 2.24) is 19.6 Å². The molecule has 2 aliphatic rings. The normalized spacial score (nSPS) is 17.6. The third kappa shape index (κ3) is 12.7. The van der Waals surface area contributed by atoms with Crippen molar-refractivity contribution in [1.29, 1.82) is 0 Å². The number of hydrogen-bond acceptors (Lipinski definition) is 5. The van der Waals surface area contributed by atoms with Crippen molar-refractivity contribution in [3.63, 3.8) is 0 Å². The summed E-state index contributed by atoms with van der Waals surface area (Å²) in [6.07, 6.45) is 18.7. The molecule has 0 atom stereocenters. The zero-order chi connectivity index (χ0) is 36.4. The van der Waals surface area contributed by atoms with Gasteiger partial charge >= 0.3 is 10.5 Å². The maximum absolute atomic E-state index is 10.7. The zero-order valence-electron chi connectivity index (χ0n) is 30.1. The molecule has 1 aromatic carbocycles. The van der Waals surface area contributed by atoms with Crippen LogP contribution in [0.15, 0.2) is 72.0 Å². The van der Waals surface area contributed by atoms with Gasteiger partial charge in [0.25, 0.3) is 0 Å². The van der Waals surface area contributed by atoms with Gasteiger partial charge in [0.1, 0.15) is 5.75 Å². The van der Waals surface area contributed by atoms with E-state index in [1.165, 1.54) is 23.3 Å². The highest BCUT2D eigenvalue weighted by Gasteiger charge is 2.64. The van der Waals surface area contributed by atoms with Crippen molar-refractivity contribution in [3.05, 3.63) is 83.3 Å². The largest absolute Gasteiger partial charge is 0.495 e. The summed E-state index contributed by atoms with van der Waals surface area (Å²) in [5, 5.41) is 5.01. The Balaban J connectivity index is 0.000000630. The summed E-state index contributed by atoms with van der Waals surface area (Å²) in [6, 6.07) is 6.38. The lowest BCUT2D eigenvalue weighted by Crippen LogP contribution is -2.48. The fraction of sp³-hybridized carbons (Fsp3) is 0.528. The summed E-state index contributed by atoms with van der Waals surface area (Å²) in [4.78, 5) is 4.36. The van der Waals surface area contributed by atoms with E-state index in [-0.39, 0.29) is 12.5 Å². The number of benzene rings is 1. The number of aromatic nitrogens is 2. The number of hydrogen-bond donors (Lipinski definition) is 0. The van der Waals surface area contributed by atoms with E-state index in [4.69, 9.17) is 4.74 Å². The first-order valence-corrected chi connectivity index (χ1v) is 18.4. The summed E-state index contributed by atoms with van der Waals surface area (Å²) in [5.74, 6) is 0.836. The molecule has 0 bridgehead atoms. The Kier molecular flexibility index (Phi) is 13.6. The molecule has 0 spiro atoms. The van der Waals surface area contributed by atoms with Crippen LogP contribution in [-0.2, 0) is 4.18 Å². The van der Waals surface area contributed by atoms with Crippen LogP contribution >= 0.6 is 10.5 Å². The van der Waals surface area contributed by atoms with Gasteiger partial charge in [-0.15, -0.1) is 0 Å². The Morgan fingerprint density at radius 3 is 2.10 bits per heavy atom. The number of halogens is 5. The van der Waals surface area contributed by atoms with Crippen LogP contribution in [0, 0.1) is 12.3 Å². The molecular weight excluding hydrogens is 647 g/mol. The molecule has 1 saturated heterocycles. The molecule has 1 aliphatic heterocycles. The molecule has 48 heavy (non-hydrogen) atoms. The lowest BCUT2D eigenvalue weighted by molar-refractivity contribution is -0.00243. The molecule has 0 amide bonds. The van der Waals surface area contributed by atoms with E-state index in [0.717, 1.165) is 80.0 Å². The zero-order valence-corrected chi connectivity index (χ0v) is 30.9. The Bertz CT molecular complexity index is 1480. The molecule has 0 unspecified atom stereocenters. The second kappa shape index (κ2) is 16.0. The molecular formula is C36H55F5N4O2S. The van der Waals surface area contributed by atoms with Crippen LogP contribution in [0.25, 0.3) is 11.8 Å². The number of methoxy groups -OCH3 is 1. The topological polar surface area (TPSA) is 42.8 Å². The molecule has 12 heteroatoms. The third-order valence-electron chi connectivity index (χ3n) is 8.55. The molecule has 4 rings (SSSR count). The van der Waals surface area contributed by atoms with Crippen LogP contribution < -0.4 is 4.74 Å². The van der Waals surface area contributed by atoms with Crippen molar-refractivity contribution in [2.75, 3.05) is 27.3 Å². The van der Waals surface area contributed by atoms with Crippen molar-refractivity contribution >= 4 is 16.6 Å². The minimum atomic E-state index is -9.50. The summed E-state index contributed by atoms with van der Waals surface area (Å²) < 4.78 is 63.5. The SMILES string of the molecule is C=C1/C(=C/c2ccc(-n3cnc(C)c3)c(OC)c2)CCCN1N(CC(C)(CC)CC)C1=CC=C(C)CC1.CCC.COS(F)(F)(F)(F)F. The highest BCUT2D eigenvalue weighted by atomic mass is 32.5. The lowest BCUT2D eigenvalue weighted by atomic mass is 9.84. The number of aryl methyl sites for hydroxylation is 1. The first-order chi connectivity index (χ1) is 22.2. The number of allylic oxidation sites excluding steroid dienone is 5. The van der Waals surface area contributed by atoms with Crippen molar-refractivity contribution in [2.45, 2.75) is 93.4 Å². The standard InChI is InChI=1S/C32H44N4O.C3H8.CH3F5OS/c1-8-32(6,9-2)22-36(29-15-12-24(3)13-16-29)35-18-10-11-28(26(35)5)19-27-14-17-30(31(20-27)37-7)34-21-25(4)33-23-34;1-3-2;1-7-8(2,3,4,5)6/h12,14-15,17,19-21,23H,5,8-11,13,16,18,22H2,1-4,6-7H3;3H2,1-2H3;1H3/b28-19+;;. The number of rotatable bonds is 10. The molecule has 0 radical (unpaired) electrons. The predicted octanol–water partition coefficient (Wildman–Crippen LogP) is 12.1. The van der Waals surface area contributed by atoms with Gasteiger partial charge in [-0.1, -0.05) is 84.8 Å². The minimum Gasteiger partial charge on any atom is -0.495 e. The molecule has 6 nitrogen and oxygen atoms in total. The van der Waals surface area contributed by atoms with Gasteiger partial charge in [-0.2, -0.15) is 0 Å². The second-order valence-electron chi connectivity index (χ2n) is 12.7. The number of imidazole rings is 1. The van der Waals surface area contributed by atoms with Crippen LogP contribution in [0.3, 0.4) is 0 Å². The van der Waals surface area contributed by atoms with Crippen molar-refractivity contribution in [2.24, 2.45) is 5.41 Å². The number of ether oxygens (including phenoxy) is 1. The van der Waals surface area contributed by atoms with Gasteiger partial charge in [-0.05, 0) is 93.2 Å². The van der Waals surface area contributed by atoms with Crippen LogP contribution in [0.5, 0.6) is 5.75 Å². The third-order valence-corrected chi connectivity index (χ3v) is 9.17. The van der Waals surface area contributed by atoms with E-state index in [1.807, 2.05) is 24.0 Å². The molecule has 1 fully saturated rings. The maximum atomic E-state index is 10.7. The predicted molar refractivity (Wildman–Crippen MR) is 190 cm³/mol. The van der Waals surface area contributed by atoms with Gasteiger partial charge in [-0.3, -0.25) is 10.0 Å². The smallest absolute Gasteiger partial charge is 0.396 e. The van der Waals surface area contributed by atoms with Gasteiger partial charge < -0.3 is 9.30 Å². The average Bonchev–Trinajstić information content (AvgIpc) is 3.47. The molecule has 272 valence electrons. The number of hydrazine groups is 1. The first kappa shape index (κ1) is 40.9. The van der Waals surface area contributed by atoms with E-state index >= 15 is 0 Å². The van der Waals surface area contributed by atoms with Crippen LogP contribution in [0.4, 0.5) is 19.4 Å².